The molecule has 1 aliphatic carbocycles. The molecule has 0 amide bonds. The molecular formula is C32H54O2. The quantitative estimate of drug-likeness (QED) is 0.124. The normalized spacial score (nSPS) is 15.4. The van der Waals surface area contributed by atoms with Crippen LogP contribution in [0.4, 0.5) is 0 Å². The molecule has 34 heavy (non-hydrogen) atoms. The maximum Gasteiger partial charge on any atom is 0.127 e. The Morgan fingerprint density at radius 3 is 1.62 bits per heavy atom. The van der Waals surface area contributed by atoms with Crippen molar-refractivity contribution in [2.45, 2.75) is 153 Å². The molecule has 1 unspecified atom stereocenters. The Morgan fingerprint density at radius 2 is 1.12 bits per heavy atom. The van der Waals surface area contributed by atoms with Gasteiger partial charge in [-0.3, -0.25) is 0 Å². The Morgan fingerprint density at radius 1 is 0.647 bits per heavy atom. The summed E-state index contributed by atoms with van der Waals surface area (Å²) in [7, 11) is 0. The standard InChI is InChI=1S/C32H54O2/c33-29-31(30-23-18-15-19-24-30)25-17-13-11-9-7-5-3-1-2-4-6-8-10-12-14-22-28-34-32-26-20-16-21-27-32/h15,18-19,23-24,29,31-32H,1-14,16-17,20-22,25-28H2. The number of rotatable bonds is 22. The van der Waals surface area contributed by atoms with Crippen molar-refractivity contribution >= 4 is 6.29 Å². The molecule has 0 aromatic heterocycles. The number of ether oxygens (including phenoxy) is 1. The molecule has 0 aliphatic heterocycles. The Hall–Kier alpha value is -1.15. The van der Waals surface area contributed by atoms with Gasteiger partial charge < -0.3 is 9.53 Å². The van der Waals surface area contributed by atoms with Gasteiger partial charge in [0.2, 0.25) is 0 Å². The van der Waals surface area contributed by atoms with Crippen LogP contribution in [-0.2, 0) is 9.53 Å². The van der Waals surface area contributed by atoms with E-state index in [-0.39, 0.29) is 5.92 Å². The van der Waals surface area contributed by atoms with E-state index in [0.29, 0.717) is 6.10 Å². The molecular weight excluding hydrogens is 416 g/mol. The van der Waals surface area contributed by atoms with Crippen molar-refractivity contribution in [3.8, 4) is 0 Å². The van der Waals surface area contributed by atoms with E-state index < -0.39 is 0 Å². The fraction of sp³-hybridized carbons (Fsp3) is 0.781. The Kier molecular flexibility index (Phi) is 18.1. The predicted molar refractivity (Wildman–Crippen MR) is 147 cm³/mol. The molecule has 1 aliphatic rings. The lowest BCUT2D eigenvalue weighted by atomic mass is 9.94. The number of benzene rings is 1. The summed E-state index contributed by atoms with van der Waals surface area (Å²) in [5.74, 6) is 0.0896. The monoisotopic (exact) mass is 470 g/mol. The van der Waals surface area contributed by atoms with E-state index in [2.05, 4.69) is 12.1 Å². The summed E-state index contributed by atoms with van der Waals surface area (Å²) in [6.45, 7) is 1.000. The highest BCUT2D eigenvalue weighted by Gasteiger charge is 2.13. The topological polar surface area (TPSA) is 26.3 Å². The van der Waals surface area contributed by atoms with Gasteiger partial charge in [-0.05, 0) is 31.2 Å². The third-order valence-electron chi connectivity index (χ3n) is 7.71. The van der Waals surface area contributed by atoms with Gasteiger partial charge in [-0.25, -0.2) is 0 Å². The zero-order valence-corrected chi connectivity index (χ0v) is 22.2. The molecule has 0 radical (unpaired) electrons. The van der Waals surface area contributed by atoms with Crippen molar-refractivity contribution in [3.05, 3.63) is 35.9 Å². The predicted octanol–water partition coefficient (Wildman–Crippen LogP) is 9.95. The second kappa shape index (κ2) is 21.2. The lowest BCUT2D eigenvalue weighted by molar-refractivity contribution is -0.109. The van der Waals surface area contributed by atoms with Gasteiger partial charge in [0, 0.05) is 12.5 Å². The van der Waals surface area contributed by atoms with Gasteiger partial charge in [0.25, 0.3) is 0 Å². The van der Waals surface area contributed by atoms with Crippen LogP contribution in [0.2, 0.25) is 0 Å². The van der Waals surface area contributed by atoms with E-state index in [1.165, 1.54) is 140 Å². The molecule has 0 heterocycles. The van der Waals surface area contributed by atoms with Crippen LogP contribution in [-0.4, -0.2) is 19.0 Å². The summed E-state index contributed by atoms with van der Waals surface area (Å²) < 4.78 is 6.02. The first kappa shape index (κ1) is 29.1. The summed E-state index contributed by atoms with van der Waals surface area (Å²) in [5, 5.41) is 0. The number of hydrogen-bond donors (Lipinski definition) is 0. The van der Waals surface area contributed by atoms with Crippen molar-refractivity contribution in [1.29, 1.82) is 0 Å². The summed E-state index contributed by atoms with van der Waals surface area (Å²) in [6, 6.07) is 10.2. The molecule has 1 atom stereocenters. The van der Waals surface area contributed by atoms with Crippen LogP contribution in [0.25, 0.3) is 0 Å². The summed E-state index contributed by atoms with van der Waals surface area (Å²) >= 11 is 0. The van der Waals surface area contributed by atoms with Crippen molar-refractivity contribution in [2.24, 2.45) is 0 Å². The van der Waals surface area contributed by atoms with Crippen LogP contribution in [0.3, 0.4) is 0 Å². The number of unbranched alkanes of at least 4 members (excludes halogenated alkanes) is 15. The Labute approximate surface area is 211 Å². The van der Waals surface area contributed by atoms with Crippen LogP contribution in [0.5, 0.6) is 0 Å². The lowest BCUT2D eigenvalue weighted by Crippen LogP contribution is -2.17. The summed E-state index contributed by atoms with van der Waals surface area (Å²) in [5.41, 5.74) is 1.17. The van der Waals surface area contributed by atoms with E-state index in [9.17, 15) is 4.79 Å². The molecule has 0 bridgehead atoms. The number of carbonyl (C=O) groups is 1. The van der Waals surface area contributed by atoms with E-state index in [4.69, 9.17) is 4.74 Å². The Bertz CT molecular complexity index is 564. The summed E-state index contributed by atoms with van der Waals surface area (Å²) in [4.78, 5) is 11.4. The van der Waals surface area contributed by atoms with E-state index in [0.717, 1.165) is 19.3 Å². The average molecular weight is 471 g/mol. The fourth-order valence-corrected chi connectivity index (χ4v) is 5.44. The minimum Gasteiger partial charge on any atom is -0.378 e. The van der Waals surface area contributed by atoms with E-state index in [1.54, 1.807) is 0 Å². The minimum atomic E-state index is 0.0896. The molecule has 1 aromatic rings. The van der Waals surface area contributed by atoms with Crippen molar-refractivity contribution in [1.82, 2.24) is 0 Å². The van der Waals surface area contributed by atoms with Crippen molar-refractivity contribution in [2.75, 3.05) is 6.61 Å². The SMILES string of the molecule is O=CC(CCCCCCCCCCCCCCCCCCOC1CCCCC1)c1ccccc1. The second-order valence-corrected chi connectivity index (χ2v) is 10.7. The highest BCUT2D eigenvalue weighted by Crippen LogP contribution is 2.22. The van der Waals surface area contributed by atoms with Crippen molar-refractivity contribution in [3.63, 3.8) is 0 Å². The highest BCUT2D eigenvalue weighted by molar-refractivity contribution is 5.61. The van der Waals surface area contributed by atoms with Crippen LogP contribution in [0.15, 0.2) is 30.3 Å². The number of carbonyl (C=O) groups excluding carboxylic acids is 1. The third-order valence-corrected chi connectivity index (χ3v) is 7.71. The molecule has 0 N–H and O–H groups in total. The minimum absolute atomic E-state index is 0.0896. The van der Waals surface area contributed by atoms with Gasteiger partial charge in [-0.2, -0.15) is 0 Å². The third kappa shape index (κ3) is 15.0. The van der Waals surface area contributed by atoms with Gasteiger partial charge in [-0.15, -0.1) is 0 Å². The molecule has 2 heteroatoms. The van der Waals surface area contributed by atoms with Crippen molar-refractivity contribution < 1.29 is 9.53 Å². The molecule has 1 aromatic carbocycles. The largest absolute Gasteiger partial charge is 0.378 e. The Balaban J connectivity index is 1.24. The van der Waals surface area contributed by atoms with Crippen LogP contribution in [0, 0.1) is 0 Å². The second-order valence-electron chi connectivity index (χ2n) is 10.7. The average Bonchev–Trinajstić information content (AvgIpc) is 2.89. The number of aldehydes is 1. The first-order chi connectivity index (χ1) is 16.9. The van der Waals surface area contributed by atoms with Gasteiger partial charge in [0.15, 0.2) is 0 Å². The summed E-state index contributed by atoms with van der Waals surface area (Å²) in [6.07, 6.45) is 31.5. The van der Waals surface area contributed by atoms with Gasteiger partial charge in [0.05, 0.1) is 6.10 Å². The fourth-order valence-electron chi connectivity index (χ4n) is 5.44. The smallest absolute Gasteiger partial charge is 0.127 e. The van der Waals surface area contributed by atoms with E-state index >= 15 is 0 Å². The molecule has 194 valence electrons. The molecule has 2 rings (SSSR count). The van der Waals surface area contributed by atoms with Crippen LogP contribution >= 0.6 is 0 Å². The first-order valence-corrected chi connectivity index (χ1v) is 15.0. The van der Waals surface area contributed by atoms with E-state index in [1.807, 2.05) is 18.2 Å². The molecule has 0 spiro atoms. The van der Waals surface area contributed by atoms with Crippen LogP contribution < -0.4 is 0 Å². The zero-order chi connectivity index (χ0) is 23.9. The van der Waals surface area contributed by atoms with Gasteiger partial charge in [-0.1, -0.05) is 146 Å². The maximum atomic E-state index is 11.4. The molecule has 1 saturated carbocycles. The maximum absolute atomic E-state index is 11.4. The number of hydrogen-bond acceptors (Lipinski definition) is 2. The molecule has 2 nitrogen and oxygen atoms in total. The zero-order valence-electron chi connectivity index (χ0n) is 22.2. The van der Waals surface area contributed by atoms with Gasteiger partial charge in [0.1, 0.15) is 6.29 Å². The molecule has 0 saturated heterocycles. The first-order valence-electron chi connectivity index (χ1n) is 15.0. The van der Waals surface area contributed by atoms with Gasteiger partial charge >= 0.3 is 0 Å². The molecule has 1 fully saturated rings. The van der Waals surface area contributed by atoms with Crippen LogP contribution in [0.1, 0.15) is 153 Å². The lowest BCUT2D eigenvalue weighted by Gasteiger charge is -2.21. The highest BCUT2D eigenvalue weighted by atomic mass is 16.5.